The summed E-state index contributed by atoms with van der Waals surface area (Å²) < 4.78 is 0. The zero-order valence-electron chi connectivity index (χ0n) is 17.0. The van der Waals surface area contributed by atoms with E-state index in [4.69, 9.17) is 4.99 Å². The minimum Gasteiger partial charge on any atom is -0.255 e. The summed E-state index contributed by atoms with van der Waals surface area (Å²) in [5.74, 6) is 0.839. The Bertz CT molecular complexity index is 944. The van der Waals surface area contributed by atoms with E-state index in [0.717, 1.165) is 22.8 Å². The number of aromatic nitrogens is 1. The number of aliphatic imine (C=N–C) groups is 2. The second-order valence-corrected chi connectivity index (χ2v) is 7.43. The van der Waals surface area contributed by atoms with E-state index in [1.165, 1.54) is 11.1 Å². The fraction of sp³-hybridized carbons (Fsp3) is 0.240. The standard InChI is InChI=1S/C25H27N3/c1-18(2)23-14-9-15-24(19(3)4)25(23)27-17-22-13-8-12-21(28-22)16-26-20-10-6-5-7-11-20/h5-19H,1-4H3. The second kappa shape index (κ2) is 9.23. The van der Waals surface area contributed by atoms with Gasteiger partial charge in [0.05, 0.1) is 35.2 Å². The number of rotatable bonds is 6. The van der Waals surface area contributed by atoms with Crippen molar-refractivity contribution in [2.45, 2.75) is 39.5 Å². The van der Waals surface area contributed by atoms with Gasteiger partial charge in [0.1, 0.15) is 0 Å². The van der Waals surface area contributed by atoms with Crippen molar-refractivity contribution < 1.29 is 0 Å². The van der Waals surface area contributed by atoms with Crippen LogP contribution >= 0.6 is 0 Å². The highest BCUT2D eigenvalue weighted by atomic mass is 14.8. The van der Waals surface area contributed by atoms with Crippen LogP contribution in [0.15, 0.2) is 76.7 Å². The Morgan fingerprint density at radius 2 is 1.18 bits per heavy atom. The Morgan fingerprint density at radius 1 is 0.643 bits per heavy atom. The van der Waals surface area contributed by atoms with E-state index in [1.807, 2.05) is 54.7 Å². The fourth-order valence-corrected chi connectivity index (χ4v) is 3.06. The molecule has 142 valence electrons. The lowest BCUT2D eigenvalue weighted by molar-refractivity contribution is 0.835. The summed E-state index contributed by atoms with van der Waals surface area (Å²) in [4.78, 5) is 14.0. The van der Waals surface area contributed by atoms with Gasteiger partial charge in [0, 0.05) is 0 Å². The molecule has 1 heterocycles. The number of para-hydroxylation sites is 2. The average Bonchev–Trinajstić information content (AvgIpc) is 2.71. The lowest BCUT2D eigenvalue weighted by Crippen LogP contribution is -1.97. The predicted molar refractivity (Wildman–Crippen MR) is 120 cm³/mol. The lowest BCUT2D eigenvalue weighted by atomic mass is 9.93. The number of hydrogen-bond donors (Lipinski definition) is 0. The summed E-state index contributed by atoms with van der Waals surface area (Å²) in [7, 11) is 0. The Kier molecular flexibility index (Phi) is 6.49. The SMILES string of the molecule is CC(C)c1cccc(C(C)C)c1N=Cc1cccc(C=Nc2ccccc2)n1. The molecule has 0 bridgehead atoms. The molecule has 0 saturated carbocycles. The van der Waals surface area contributed by atoms with Crippen molar-refractivity contribution in [3.05, 3.63) is 89.2 Å². The summed E-state index contributed by atoms with van der Waals surface area (Å²) in [6.45, 7) is 8.82. The molecule has 3 nitrogen and oxygen atoms in total. The molecule has 2 aromatic carbocycles. The van der Waals surface area contributed by atoms with Crippen LogP contribution in [0.25, 0.3) is 0 Å². The smallest absolute Gasteiger partial charge is 0.0820 e. The summed E-state index contributed by atoms with van der Waals surface area (Å²) >= 11 is 0. The van der Waals surface area contributed by atoms with E-state index < -0.39 is 0 Å². The molecule has 0 amide bonds. The second-order valence-electron chi connectivity index (χ2n) is 7.43. The van der Waals surface area contributed by atoms with Gasteiger partial charge in [-0.3, -0.25) is 9.98 Å². The predicted octanol–water partition coefficient (Wildman–Crippen LogP) is 6.83. The van der Waals surface area contributed by atoms with Crippen molar-refractivity contribution in [2.75, 3.05) is 0 Å². The molecular weight excluding hydrogens is 342 g/mol. The van der Waals surface area contributed by atoms with Crippen molar-refractivity contribution in [3.63, 3.8) is 0 Å². The number of benzene rings is 2. The molecule has 0 radical (unpaired) electrons. The molecule has 3 rings (SSSR count). The highest BCUT2D eigenvalue weighted by Crippen LogP contribution is 2.34. The van der Waals surface area contributed by atoms with Crippen molar-refractivity contribution >= 4 is 23.8 Å². The molecule has 0 aliphatic heterocycles. The first-order valence-electron chi connectivity index (χ1n) is 9.77. The maximum atomic E-state index is 4.85. The Hall–Kier alpha value is -3.07. The first-order chi connectivity index (χ1) is 13.5. The third kappa shape index (κ3) is 5.01. The van der Waals surface area contributed by atoms with Crippen LogP contribution in [0, 0.1) is 0 Å². The van der Waals surface area contributed by atoms with Crippen LogP contribution in [0.5, 0.6) is 0 Å². The molecule has 0 N–H and O–H groups in total. The van der Waals surface area contributed by atoms with E-state index in [0.29, 0.717) is 11.8 Å². The van der Waals surface area contributed by atoms with Gasteiger partial charge in [-0.25, -0.2) is 4.98 Å². The molecule has 0 saturated heterocycles. The molecule has 0 atom stereocenters. The Morgan fingerprint density at radius 3 is 1.75 bits per heavy atom. The first-order valence-corrected chi connectivity index (χ1v) is 9.77. The van der Waals surface area contributed by atoms with E-state index in [-0.39, 0.29) is 0 Å². The van der Waals surface area contributed by atoms with E-state index >= 15 is 0 Å². The van der Waals surface area contributed by atoms with Crippen LogP contribution in [-0.4, -0.2) is 17.4 Å². The summed E-state index contributed by atoms with van der Waals surface area (Å²) in [6, 6.07) is 22.2. The maximum absolute atomic E-state index is 4.85. The summed E-state index contributed by atoms with van der Waals surface area (Å²) in [5, 5.41) is 0. The molecule has 0 spiro atoms. The monoisotopic (exact) mass is 369 g/mol. The van der Waals surface area contributed by atoms with Crippen LogP contribution in [0.2, 0.25) is 0 Å². The Balaban J connectivity index is 1.89. The third-order valence-electron chi connectivity index (χ3n) is 4.56. The number of pyridine rings is 1. The zero-order valence-corrected chi connectivity index (χ0v) is 17.0. The van der Waals surface area contributed by atoms with Gasteiger partial charge in [-0.15, -0.1) is 0 Å². The minimum absolute atomic E-state index is 0.420. The van der Waals surface area contributed by atoms with Gasteiger partial charge < -0.3 is 0 Å². The fourth-order valence-electron chi connectivity index (χ4n) is 3.06. The normalized spacial score (nSPS) is 11.9. The molecule has 28 heavy (non-hydrogen) atoms. The first kappa shape index (κ1) is 19.7. The summed E-state index contributed by atoms with van der Waals surface area (Å²) in [5.41, 5.74) is 6.15. The van der Waals surface area contributed by atoms with E-state index in [1.54, 1.807) is 6.21 Å². The molecular formula is C25H27N3. The maximum Gasteiger partial charge on any atom is 0.0820 e. The average molecular weight is 370 g/mol. The van der Waals surface area contributed by atoms with Gasteiger partial charge in [-0.05, 0) is 47.2 Å². The van der Waals surface area contributed by atoms with Gasteiger partial charge >= 0.3 is 0 Å². The highest BCUT2D eigenvalue weighted by molar-refractivity contribution is 5.84. The molecule has 0 unspecified atom stereocenters. The Labute approximate surface area is 167 Å². The van der Waals surface area contributed by atoms with Gasteiger partial charge in [0.25, 0.3) is 0 Å². The quantitative estimate of drug-likeness (QED) is 0.439. The largest absolute Gasteiger partial charge is 0.255 e. The van der Waals surface area contributed by atoms with E-state index in [2.05, 4.69) is 55.9 Å². The third-order valence-corrected chi connectivity index (χ3v) is 4.56. The van der Waals surface area contributed by atoms with Crippen molar-refractivity contribution in [1.29, 1.82) is 0 Å². The molecule has 3 heteroatoms. The topological polar surface area (TPSA) is 37.6 Å². The molecule has 0 fully saturated rings. The van der Waals surface area contributed by atoms with Crippen molar-refractivity contribution in [3.8, 4) is 0 Å². The highest BCUT2D eigenvalue weighted by Gasteiger charge is 2.12. The van der Waals surface area contributed by atoms with Crippen LogP contribution in [0.3, 0.4) is 0 Å². The van der Waals surface area contributed by atoms with Crippen LogP contribution in [0.4, 0.5) is 11.4 Å². The van der Waals surface area contributed by atoms with Crippen molar-refractivity contribution in [2.24, 2.45) is 9.98 Å². The van der Waals surface area contributed by atoms with E-state index in [9.17, 15) is 0 Å². The summed E-state index contributed by atoms with van der Waals surface area (Å²) in [6.07, 6.45) is 3.64. The number of nitrogens with zero attached hydrogens (tertiary/aromatic N) is 3. The van der Waals surface area contributed by atoms with Gasteiger partial charge in [0.2, 0.25) is 0 Å². The van der Waals surface area contributed by atoms with Gasteiger partial charge in [0.15, 0.2) is 0 Å². The molecule has 3 aromatic rings. The van der Waals surface area contributed by atoms with Gasteiger partial charge in [-0.2, -0.15) is 0 Å². The van der Waals surface area contributed by atoms with Crippen molar-refractivity contribution in [1.82, 2.24) is 4.98 Å². The van der Waals surface area contributed by atoms with Crippen LogP contribution in [-0.2, 0) is 0 Å². The lowest BCUT2D eigenvalue weighted by Gasteiger charge is -2.16. The molecule has 1 aromatic heterocycles. The number of hydrogen-bond acceptors (Lipinski definition) is 3. The molecule has 0 aliphatic carbocycles. The van der Waals surface area contributed by atoms with Crippen LogP contribution < -0.4 is 0 Å². The van der Waals surface area contributed by atoms with Gasteiger partial charge in [-0.1, -0.05) is 70.2 Å². The molecule has 0 aliphatic rings. The zero-order chi connectivity index (χ0) is 19.9. The van der Waals surface area contributed by atoms with Crippen LogP contribution in [0.1, 0.15) is 62.0 Å². The minimum atomic E-state index is 0.420.